The number of nitrogens with one attached hydrogen (secondary N) is 2. The molecule has 1 heterocycles. The number of rotatable bonds is 4. The molecule has 0 fully saturated rings. The maximum atomic E-state index is 13.6. The van der Waals surface area contributed by atoms with Crippen LogP contribution in [0.3, 0.4) is 0 Å². The number of ether oxygens (including phenoxy) is 3. The van der Waals surface area contributed by atoms with E-state index < -0.39 is 24.1 Å². The quantitative estimate of drug-likeness (QED) is 0.705. The van der Waals surface area contributed by atoms with Crippen LogP contribution in [0.4, 0.5) is 23.7 Å². The Morgan fingerprint density at radius 1 is 1.10 bits per heavy atom. The zero-order valence-electron chi connectivity index (χ0n) is 14.8. The van der Waals surface area contributed by atoms with E-state index in [0.29, 0.717) is 0 Å². The van der Waals surface area contributed by atoms with Crippen molar-refractivity contribution in [1.82, 2.24) is 5.32 Å². The van der Waals surface area contributed by atoms with E-state index in [2.05, 4.69) is 5.32 Å². The number of urea groups is 1. The van der Waals surface area contributed by atoms with Crippen LogP contribution in [0.15, 0.2) is 42.5 Å². The van der Waals surface area contributed by atoms with E-state index in [1.807, 2.05) is 0 Å². The Labute approximate surface area is 167 Å². The van der Waals surface area contributed by atoms with Crippen molar-refractivity contribution in [3.8, 4) is 11.5 Å². The molecule has 11 heteroatoms. The molecule has 0 bridgehead atoms. The molecule has 0 saturated heterocycles. The van der Waals surface area contributed by atoms with Gasteiger partial charge in [-0.3, -0.25) is 5.32 Å². The number of benzene rings is 2. The molecule has 0 unspecified atom stereocenters. The molecule has 0 saturated carbocycles. The van der Waals surface area contributed by atoms with Crippen LogP contribution in [-0.4, -0.2) is 30.7 Å². The van der Waals surface area contributed by atoms with E-state index in [9.17, 15) is 22.8 Å². The number of esters is 1. The molecule has 1 aliphatic rings. The van der Waals surface area contributed by atoms with E-state index >= 15 is 0 Å². The topological polar surface area (TPSA) is 85.9 Å². The average Bonchev–Trinajstić information content (AvgIpc) is 3.00. The Bertz CT molecular complexity index is 936. The Morgan fingerprint density at radius 2 is 1.76 bits per heavy atom. The summed E-state index contributed by atoms with van der Waals surface area (Å²) in [4.78, 5) is 23.8. The van der Waals surface area contributed by atoms with Gasteiger partial charge in [0.2, 0.25) is 0 Å². The number of anilines is 1. The highest BCUT2D eigenvalue weighted by molar-refractivity contribution is 6.30. The van der Waals surface area contributed by atoms with Crippen LogP contribution >= 0.6 is 11.6 Å². The van der Waals surface area contributed by atoms with Gasteiger partial charge in [-0.15, -0.1) is 0 Å². The molecule has 7 nitrogen and oxygen atoms in total. The molecule has 2 N–H and O–H groups in total. The summed E-state index contributed by atoms with van der Waals surface area (Å²) >= 11 is 5.75. The van der Waals surface area contributed by atoms with Gasteiger partial charge in [0.15, 0.2) is 11.5 Å². The minimum absolute atomic E-state index is 0.131. The molecule has 1 aliphatic heterocycles. The average molecular weight is 431 g/mol. The Morgan fingerprint density at radius 3 is 2.38 bits per heavy atom. The normalized spacial score (nSPS) is 17.6. The van der Waals surface area contributed by atoms with Crippen LogP contribution in [0.25, 0.3) is 0 Å². The molecular formula is C18H14ClF3N2O5. The number of halogens is 4. The van der Waals surface area contributed by atoms with Gasteiger partial charge < -0.3 is 19.5 Å². The van der Waals surface area contributed by atoms with Crippen molar-refractivity contribution in [3.63, 3.8) is 0 Å². The van der Waals surface area contributed by atoms with Crippen LogP contribution < -0.4 is 20.1 Å². The second-order valence-electron chi connectivity index (χ2n) is 5.79. The molecule has 3 rings (SSSR count). The summed E-state index contributed by atoms with van der Waals surface area (Å²) in [7, 11) is 0. The number of fused-ring (bicyclic) bond motifs is 1. The van der Waals surface area contributed by atoms with Crippen LogP contribution in [0.2, 0.25) is 5.02 Å². The highest BCUT2D eigenvalue weighted by Crippen LogP contribution is 2.46. The predicted molar refractivity (Wildman–Crippen MR) is 96.0 cm³/mol. The van der Waals surface area contributed by atoms with E-state index in [4.69, 9.17) is 25.8 Å². The van der Waals surface area contributed by atoms with Gasteiger partial charge in [0, 0.05) is 16.8 Å². The molecule has 2 aromatic carbocycles. The standard InChI is InChI=1S/C18H14ClF3N2O5/c1-2-27-15(25)10-3-6-12(7-4-10)23-16(26)24-18(17(20,21)22)28-13-8-5-11(19)9-14(13)29-18/h3-9H,2H2,1H3,(H2,23,24,26)/t18-/m0/s1. The molecule has 0 aromatic heterocycles. The van der Waals surface area contributed by atoms with Crippen LogP contribution in [0.1, 0.15) is 17.3 Å². The van der Waals surface area contributed by atoms with E-state index in [1.54, 1.807) is 12.2 Å². The van der Waals surface area contributed by atoms with Crippen LogP contribution in [0, 0.1) is 0 Å². The van der Waals surface area contributed by atoms with Gasteiger partial charge in [-0.25, -0.2) is 9.59 Å². The fraction of sp³-hybridized carbons (Fsp3) is 0.222. The second kappa shape index (κ2) is 7.70. The zero-order valence-corrected chi connectivity index (χ0v) is 15.6. The summed E-state index contributed by atoms with van der Waals surface area (Å²) in [6, 6.07) is 7.78. The highest BCUT2D eigenvalue weighted by atomic mass is 35.5. The fourth-order valence-electron chi connectivity index (χ4n) is 2.43. The van der Waals surface area contributed by atoms with Gasteiger partial charge in [-0.05, 0) is 43.3 Å². The van der Waals surface area contributed by atoms with Crippen molar-refractivity contribution >= 4 is 29.3 Å². The molecule has 0 aliphatic carbocycles. The number of alkyl halides is 3. The highest BCUT2D eigenvalue weighted by Gasteiger charge is 2.65. The van der Waals surface area contributed by atoms with Gasteiger partial charge in [0.05, 0.1) is 12.2 Å². The molecule has 154 valence electrons. The second-order valence-corrected chi connectivity index (χ2v) is 6.22. The summed E-state index contributed by atoms with van der Waals surface area (Å²) in [6.45, 7) is 1.84. The lowest BCUT2D eigenvalue weighted by molar-refractivity contribution is -0.317. The maximum Gasteiger partial charge on any atom is 0.492 e. The number of hydrogen-bond donors (Lipinski definition) is 2. The lowest BCUT2D eigenvalue weighted by Gasteiger charge is -2.29. The smallest absolute Gasteiger partial charge is 0.462 e. The summed E-state index contributed by atoms with van der Waals surface area (Å²) in [5, 5.41) is 4.00. The molecule has 1 atom stereocenters. The van der Waals surface area contributed by atoms with Gasteiger partial charge >= 0.3 is 24.1 Å². The largest absolute Gasteiger partial charge is 0.492 e. The van der Waals surface area contributed by atoms with Gasteiger partial charge in [-0.2, -0.15) is 13.2 Å². The number of amides is 2. The van der Waals surface area contributed by atoms with E-state index in [0.717, 1.165) is 6.07 Å². The van der Waals surface area contributed by atoms with E-state index in [-0.39, 0.29) is 34.4 Å². The summed E-state index contributed by atoms with van der Waals surface area (Å²) < 4.78 is 55.4. The van der Waals surface area contributed by atoms with E-state index in [1.165, 1.54) is 36.4 Å². The lowest BCUT2D eigenvalue weighted by Crippen LogP contribution is -2.65. The van der Waals surface area contributed by atoms with Crippen molar-refractivity contribution < 1.29 is 37.0 Å². The van der Waals surface area contributed by atoms with Crippen molar-refractivity contribution in [2.45, 2.75) is 19.0 Å². The molecule has 29 heavy (non-hydrogen) atoms. The SMILES string of the molecule is CCOC(=O)c1ccc(NC(=O)N[C@@]2(C(F)(F)F)Oc3ccc(Cl)cc3O2)cc1. The third-order valence-electron chi connectivity index (χ3n) is 3.72. The summed E-state index contributed by atoms with van der Waals surface area (Å²) in [6.07, 6.45) is -5.11. The van der Waals surface area contributed by atoms with Gasteiger partial charge in [0.1, 0.15) is 0 Å². The van der Waals surface area contributed by atoms with Crippen LogP contribution in [-0.2, 0) is 4.74 Å². The fourth-order valence-corrected chi connectivity index (χ4v) is 2.59. The van der Waals surface area contributed by atoms with Crippen molar-refractivity contribution in [1.29, 1.82) is 0 Å². The third kappa shape index (κ3) is 4.32. The van der Waals surface area contributed by atoms with Crippen molar-refractivity contribution in [2.24, 2.45) is 0 Å². The molecule has 0 spiro atoms. The first-order chi connectivity index (χ1) is 13.6. The summed E-state index contributed by atoms with van der Waals surface area (Å²) in [5.41, 5.74) is 0.353. The molecule has 0 radical (unpaired) electrons. The summed E-state index contributed by atoms with van der Waals surface area (Å²) in [5.74, 6) is -4.49. The number of carbonyl (C=O) groups excluding carboxylic acids is 2. The van der Waals surface area contributed by atoms with Crippen molar-refractivity contribution in [3.05, 3.63) is 53.1 Å². The Balaban J connectivity index is 1.73. The third-order valence-corrected chi connectivity index (χ3v) is 3.95. The molecular weight excluding hydrogens is 417 g/mol. The van der Waals surface area contributed by atoms with Gasteiger partial charge in [-0.1, -0.05) is 11.6 Å². The minimum Gasteiger partial charge on any atom is -0.462 e. The Kier molecular flexibility index (Phi) is 5.47. The molecule has 2 aromatic rings. The first kappa shape index (κ1) is 20.6. The minimum atomic E-state index is -5.11. The Hall–Kier alpha value is -3.14. The number of hydrogen-bond acceptors (Lipinski definition) is 5. The van der Waals surface area contributed by atoms with Crippen molar-refractivity contribution in [2.75, 3.05) is 11.9 Å². The monoisotopic (exact) mass is 430 g/mol. The maximum absolute atomic E-state index is 13.6. The zero-order chi connectivity index (χ0) is 21.2. The predicted octanol–water partition coefficient (Wildman–Crippen LogP) is 4.33. The first-order valence-corrected chi connectivity index (χ1v) is 8.62. The van der Waals surface area contributed by atoms with Gasteiger partial charge in [0.25, 0.3) is 0 Å². The number of carbonyl (C=O) groups is 2. The molecule has 2 amide bonds. The first-order valence-electron chi connectivity index (χ1n) is 8.24. The van der Waals surface area contributed by atoms with Crippen LogP contribution in [0.5, 0.6) is 11.5 Å². The lowest BCUT2D eigenvalue weighted by atomic mass is 10.2.